The number of aromatic nitrogens is 2. The van der Waals surface area contributed by atoms with Crippen molar-refractivity contribution in [3.8, 4) is 0 Å². The van der Waals surface area contributed by atoms with Crippen LogP contribution in [0.25, 0.3) is 0 Å². The van der Waals surface area contributed by atoms with Gasteiger partial charge in [-0.2, -0.15) is 0 Å². The fourth-order valence-electron chi connectivity index (χ4n) is 2.09. The number of nitrogens with zero attached hydrogens (tertiary/aromatic N) is 3. The lowest BCUT2D eigenvalue weighted by Crippen LogP contribution is -2.29. The number of nitrogens with two attached hydrogens (primary N) is 1. The first-order chi connectivity index (χ1) is 7.99. The minimum atomic E-state index is -0.597. The molecule has 1 aliphatic heterocycles. The van der Waals surface area contributed by atoms with E-state index in [1.54, 1.807) is 0 Å². The third kappa shape index (κ3) is 2.79. The molecule has 0 aliphatic carbocycles. The Kier molecular flexibility index (Phi) is 3.40. The van der Waals surface area contributed by atoms with E-state index in [0.717, 1.165) is 25.9 Å². The van der Waals surface area contributed by atoms with Gasteiger partial charge in [0.05, 0.1) is 5.60 Å². The molecule has 0 saturated carbocycles. The zero-order valence-electron chi connectivity index (χ0n) is 9.86. The Morgan fingerprint density at radius 2 is 2.18 bits per heavy atom. The standard InChI is InChI=1S/C11H17ClN4O/c1-11(17)3-2-5-16(6-4-11)10-8(13)9(12)14-7-15-10/h7,17H,2-6,13H2,1H3. The maximum Gasteiger partial charge on any atom is 0.157 e. The zero-order valence-corrected chi connectivity index (χ0v) is 10.6. The molecule has 1 unspecified atom stereocenters. The van der Waals surface area contributed by atoms with Crippen LogP contribution in [0, 0.1) is 0 Å². The van der Waals surface area contributed by atoms with Crippen LogP contribution in [0.15, 0.2) is 6.33 Å². The topological polar surface area (TPSA) is 75.3 Å². The molecule has 94 valence electrons. The van der Waals surface area contributed by atoms with Gasteiger partial charge >= 0.3 is 0 Å². The highest BCUT2D eigenvalue weighted by Crippen LogP contribution is 2.29. The average Bonchev–Trinajstić information content (AvgIpc) is 2.44. The van der Waals surface area contributed by atoms with Gasteiger partial charge in [0.1, 0.15) is 12.0 Å². The van der Waals surface area contributed by atoms with Crippen molar-refractivity contribution in [1.29, 1.82) is 0 Å². The van der Waals surface area contributed by atoms with Gasteiger partial charge in [-0.25, -0.2) is 9.97 Å². The number of hydrogen-bond donors (Lipinski definition) is 2. The zero-order chi connectivity index (χ0) is 12.5. The van der Waals surface area contributed by atoms with Crippen LogP contribution in [0.5, 0.6) is 0 Å². The van der Waals surface area contributed by atoms with E-state index in [4.69, 9.17) is 17.3 Å². The smallest absolute Gasteiger partial charge is 0.157 e. The SMILES string of the molecule is CC1(O)CCCN(c2ncnc(Cl)c2N)CC1. The van der Waals surface area contributed by atoms with E-state index in [-0.39, 0.29) is 5.15 Å². The van der Waals surface area contributed by atoms with E-state index in [1.807, 2.05) is 6.92 Å². The summed E-state index contributed by atoms with van der Waals surface area (Å²) in [4.78, 5) is 10.1. The maximum atomic E-state index is 10.0. The van der Waals surface area contributed by atoms with Gasteiger partial charge < -0.3 is 15.7 Å². The Morgan fingerprint density at radius 1 is 1.41 bits per heavy atom. The fraction of sp³-hybridized carbons (Fsp3) is 0.636. The second-order valence-electron chi connectivity index (χ2n) is 4.74. The molecule has 1 aromatic rings. The highest BCUT2D eigenvalue weighted by atomic mass is 35.5. The minimum absolute atomic E-state index is 0.283. The van der Waals surface area contributed by atoms with Crippen LogP contribution in [0.2, 0.25) is 5.15 Å². The number of nitrogen functional groups attached to an aromatic ring is 1. The van der Waals surface area contributed by atoms with Crippen molar-refractivity contribution in [2.45, 2.75) is 31.8 Å². The van der Waals surface area contributed by atoms with Crippen LogP contribution in [-0.2, 0) is 0 Å². The molecule has 6 heteroatoms. The lowest BCUT2D eigenvalue weighted by atomic mass is 9.98. The van der Waals surface area contributed by atoms with Gasteiger partial charge in [0.25, 0.3) is 0 Å². The summed E-state index contributed by atoms with van der Waals surface area (Å²) in [5.74, 6) is 0.669. The summed E-state index contributed by atoms with van der Waals surface area (Å²) in [7, 11) is 0. The Labute approximate surface area is 106 Å². The molecule has 2 heterocycles. The molecule has 17 heavy (non-hydrogen) atoms. The van der Waals surface area contributed by atoms with Gasteiger partial charge in [0.2, 0.25) is 0 Å². The summed E-state index contributed by atoms with van der Waals surface area (Å²) >= 11 is 5.88. The van der Waals surface area contributed by atoms with Crippen LogP contribution in [-0.4, -0.2) is 33.8 Å². The van der Waals surface area contributed by atoms with E-state index in [0.29, 0.717) is 17.9 Å². The second kappa shape index (κ2) is 4.66. The predicted molar refractivity (Wildman–Crippen MR) is 68.1 cm³/mol. The molecule has 0 amide bonds. The highest BCUT2D eigenvalue weighted by molar-refractivity contribution is 6.32. The van der Waals surface area contributed by atoms with E-state index < -0.39 is 5.60 Å². The molecule has 2 rings (SSSR count). The van der Waals surface area contributed by atoms with Crippen molar-refractivity contribution in [3.05, 3.63) is 11.5 Å². The summed E-state index contributed by atoms with van der Waals surface area (Å²) in [5.41, 5.74) is 5.69. The molecule has 0 bridgehead atoms. The molecule has 0 spiro atoms. The molecular formula is C11H17ClN4O. The Bertz CT molecular complexity index is 410. The van der Waals surface area contributed by atoms with Crippen molar-refractivity contribution in [2.75, 3.05) is 23.7 Å². The first kappa shape index (κ1) is 12.4. The second-order valence-corrected chi connectivity index (χ2v) is 5.10. The molecule has 1 fully saturated rings. The summed E-state index contributed by atoms with van der Waals surface area (Å²) in [6.07, 6.45) is 3.82. The van der Waals surface area contributed by atoms with Gasteiger partial charge in [-0.3, -0.25) is 0 Å². The molecule has 5 nitrogen and oxygen atoms in total. The van der Waals surface area contributed by atoms with E-state index >= 15 is 0 Å². The lowest BCUT2D eigenvalue weighted by molar-refractivity contribution is 0.0481. The number of halogens is 1. The summed E-state index contributed by atoms with van der Waals surface area (Å²) in [6.45, 7) is 3.42. The predicted octanol–water partition coefficient (Wildman–Crippen LogP) is 1.45. The molecule has 0 radical (unpaired) electrons. The van der Waals surface area contributed by atoms with Crippen LogP contribution < -0.4 is 10.6 Å². The van der Waals surface area contributed by atoms with Crippen molar-refractivity contribution >= 4 is 23.1 Å². The van der Waals surface area contributed by atoms with Crippen molar-refractivity contribution in [1.82, 2.24) is 9.97 Å². The number of anilines is 2. The normalized spacial score (nSPS) is 25.7. The largest absolute Gasteiger partial charge is 0.393 e. The van der Waals surface area contributed by atoms with Gasteiger partial charge in [0.15, 0.2) is 11.0 Å². The van der Waals surface area contributed by atoms with Gasteiger partial charge in [-0.15, -0.1) is 0 Å². The molecule has 1 atom stereocenters. The summed E-state index contributed by atoms with van der Waals surface area (Å²) in [5, 5.41) is 10.3. The van der Waals surface area contributed by atoms with Gasteiger partial charge in [0, 0.05) is 13.1 Å². The van der Waals surface area contributed by atoms with Crippen molar-refractivity contribution < 1.29 is 5.11 Å². The maximum absolute atomic E-state index is 10.0. The molecule has 0 aromatic carbocycles. The average molecular weight is 257 g/mol. The fourth-order valence-corrected chi connectivity index (χ4v) is 2.22. The number of aliphatic hydroxyl groups is 1. The van der Waals surface area contributed by atoms with Gasteiger partial charge in [-0.1, -0.05) is 11.6 Å². The first-order valence-corrected chi connectivity index (χ1v) is 6.11. The third-order valence-electron chi connectivity index (χ3n) is 3.18. The van der Waals surface area contributed by atoms with E-state index in [9.17, 15) is 5.11 Å². The Morgan fingerprint density at radius 3 is 2.94 bits per heavy atom. The van der Waals surface area contributed by atoms with Crippen molar-refractivity contribution in [2.24, 2.45) is 0 Å². The Balaban J connectivity index is 2.20. The van der Waals surface area contributed by atoms with E-state index in [2.05, 4.69) is 14.9 Å². The minimum Gasteiger partial charge on any atom is -0.393 e. The number of rotatable bonds is 1. The van der Waals surface area contributed by atoms with E-state index in [1.165, 1.54) is 6.33 Å². The summed E-state index contributed by atoms with van der Waals surface area (Å²) in [6, 6.07) is 0. The first-order valence-electron chi connectivity index (χ1n) is 5.73. The van der Waals surface area contributed by atoms with Crippen LogP contribution in [0.1, 0.15) is 26.2 Å². The molecule has 1 aliphatic rings. The van der Waals surface area contributed by atoms with Crippen LogP contribution in [0.3, 0.4) is 0 Å². The Hall–Kier alpha value is -1.07. The van der Waals surface area contributed by atoms with Crippen molar-refractivity contribution in [3.63, 3.8) is 0 Å². The van der Waals surface area contributed by atoms with Crippen LogP contribution >= 0.6 is 11.6 Å². The quantitative estimate of drug-likeness (QED) is 0.744. The highest BCUT2D eigenvalue weighted by Gasteiger charge is 2.26. The molecule has 1 saturated heterocycles. The molecular weight excluding hydrogens is 240 g/mol. The number of hydrogen-bond acceptors (Lipinski definition) is 5. The third-order valence-corrected chi connectivity index (χ3v) is 3.48. The molecule has 3 N–H and O–H groups in total. The summed E-state index contributed by atoms with van der Waals surface area (Å²) < 4.78 is 0. The van der Waals surface area contributed by atoms with Crippen LogP contribution in [0.4, 0.5) is 11.5 Å². The van der Waals surface area contributed by atoms with Gasteiger partial charge in [-0.05, 0) is 26.2 Å². The molecule has 1 aromatic heterocycles. The monoisotopic (exact) mass is 256 g/mol. The lowest BCUT2D eigenvalue weighted by Gasteiger charge is -2.24.